The molecule has 0 radical (unpaired) electrons. The number of hydrogen-bond acceptors (Lipinski definition) is 6. The number of carbonyl (C=O) groups excluding carboxylic acids is 1. The van der Waals surface area contributed by atoms with Gasteiger partial charge in [-0.25, -0.2) is 9.50 Å². The van der Waals surface area contributed by atoms with Crippen LogP contribution < -0.4 is 15.0 Å². The molecular weight excluding hydrogens is 446 g/mol. The Kier molecular flexibility index (Phi) is 6.49. The molecule has 8 heteroatoms. The third kappa shape index (κ3) is 4.77. The fraction of sp³-hybridized carbons (Fsp3) is 0.346. The molecule has 1 saturated heterocycles. The van der Waals surface area contributed by atoms with Crippen LogP contribution in [0.3, 0.4) is 0 Å². The zero-order valence-electron chi connectivity index (χ0n) is 19.5. The van der Waals surface area contributed by atoms with Gasteiger partial charge >= 0.3 is 0 Å². The summed E-state index contributed by atoms with van der Waals surface area (Å²) in [5.74, 6) is 0.908. The Labute approximate surface area is 203 Å². The van der Waals surface area contributed by atoms with Crippen molar-refractivity contribution in [2.75, 3.05) is 25.1 Å². The number of anilines is 1. The molecule has 7 nitrogen and oxygen atoms in total. The molecule has 4 aromatic rings. The highest BCUT2D eigenvalue weighted by Crippen LogP contribution is 2.30. The average molecular weight is 476 g/mol. The van der Waals surface area contributed by atoms with E-state index in [1.54, 1.807) is 18.4 Å². The van der Waals surface area contributed by atoms with E-state index >= 15 is 0 Å². The second-order valence-electron chi connectivity index (χ2n) is 8.64. The minimum atomic E-state index is -0.0326. The lowest BCUT2D eigenvalue weighted by Gasteiger charge is -2.31. The minimum absolute atomic E-state index is 0.0326. The quantitative estimate of drug-likeness (QED) is 0.424. The molecule has 1 atom stereocenters. The van der Waals surface area contributed by atoms with Crippen molar-refractivity contribution in [3.63, 3.8) is 0 Å². The minimum Gasteiger partial charge on any atom is -0.497 e. The number of fused-ring (bicyclic) bond motifs is 1. The number of nitrogens with one attached hydrogen (secondary N) is 1. The van der Waals surface area contributed by atoms with Crippen molar-refractivity contribution in [1.29, 1.82) is 0 Å². The number of rotatable bonds is 7. The number of methoxy groups -OCH3 is 1. The van der Waals surface area contributed by atoms with E-state index in [2.05, 4.69) is 41.4 Å². The van der Waals surface area contributed by atoms with Crippen molar-refractivity contribution in [2.24, 2.45) is 5.92 Å². The molecule has 0 aliphatic carbocycles. The number of carbonyl (C=O) groups is 1. The van der Waals surface area contributed by atoms with Crippen molar-refractivity contribution >= 4 is 27.3 Å². The molecule has 0 unspecified atom stereocenters. The molecule has 5 rings (SSSR count). The van der Waals surface area contributed by atoms with E-state index < -0.39 is 0 Å². The Morgan fingerprint density at radius 2 is 1.91 bits per heavy atom. The topological polar surface area (TPSA) is 71.8 Å². The van der Waals surface area contributed by atoms with Crippen LogP contribution in [0.1, 0.15) is 30.9 Å². The number of aromatic nitrogens is 3. The van der Waals surface area contributed by atoms with Gasteiger partial charge in [0.1, 0.15) is 5.75 Å². The first-order valence-electron chi connectivity index (χ1n) is 11.7. The van der Waals surface area contributed by atoms with E-state index in [1.165, 1.54) is 5.56 Å². The highest BCUT2D eigenvalue weighted by atomic mass is 32.1. The number of nitrogens with zero attached hydrogens (tertiary/aromatic N) is 4. The Bertz CT molecular complexity index is 1230. The van der Waals surface area contributed by atoms with Crippen LogP contribution in [-0.4, -0.2) is 40.7 Å². The van der Waals surface area contributed by atoms with Crippen LogP contribution in [-0.2, 0) is 17.8 Å². The molecule has 1 aliphatic rings. The maximum atomic E-state index is 12.9. The molecule has 0 spiro atoms. The van der Waals surface area contributed by atoms with Crippen molar-refractivity contribution in [3.05, 3.63) is 65.9 Å². The van der Waals surface area contributed by atoms with Crippen LogP contribution in [0.2, 0.25) is 0 Å². The van der Waals surface area contributed by atoms with E-state index in [1.807, 2.05) is 35.0 Å². The second kappa shape index (κ2) is 9.85. The lowest BCUT2D eigenvalue weighted by molar-refractivity contribution is -0.125. The zero-order valence-corrected chi connectivity index (χ0v) is 20.3. The molecule has 2 aromatic carbocycles. The number of ether oxygens (including phenoxy) is 1. The van der Waals surface area contributed by atoms with Crippen LogP contribution in [0.15, 0.2) is 54.7 Å². The number of imidazole rings is 1. The van der Waals surface area contributed by atoms with Gasteiger partial charge in [-0.3, -0.25) is 4.79 Å². The first-order valence-corrected chi connectivity index (χ1v) is 12.6. The molecule has 176 valence electrons. The normalized spacial score (nSPS) is 16.1. The number of aryl methyl sites for hydroxylation is 1. The monoisotopic (exact) mass is 475 g/mol. The Morgan fingerprint density at radius 1 is 1.15 bits per heavy atom. The summed E-state index contributed by atoms with van der Waals surface area (Å²) in [7, 11) is 1.66. The summed E-state index contributed by atoms with van der Waals surface area (Å²) >= 11 is 1.56. The van der Waals surface area contributed by atoms with Crippen LogP contribution in [0.5, 0.6) is 5.75 Å². The second-order valence-corrected chi connectivity index (χ2v) is 9.57. The van der Waals surface area contributed by atoms with E-state index in [0.29, 0.717) is 13.1 Å². The predicted octanol–water partition coefficient (Wildman–Crippen LogP) is 4.56. The van der Waals surface area contributed by atoms with E-state index in [9.17, 15) is 4.79 Å². The Hall–Kier alpha value is -3.39. The third-order valence-electron chi connectivity index (χ3n) is 6.38. The first-order chi connectivity index (χ1) is 16.6. The number of hydrogen-bond donors (Lipinski definition) is 1. The van der Waals surface area contributed by atoms with Gasteiger partial charge in [-0.05, 0) is 54.7 Å². The lowest BCUT2D eigenvalue weighted by Crippen LogP contribution is -2.43. The highest BCUT2D eigenvalue weighted by molar-refractivity contribution is 7.20. The molecular formula is C26H29N5O2S. The molecule has 1 amide bonds. The van der Waals surface area contributed by atoms with Gasteiger partial charge in [0.05, 0.1) is 24.9 Å². The summed E-state index contributed by atoms with van der Waals surface area (Å²) in [5.41, 5.74) is 4.35. The van der Waals surface area contributed by atoms with Crippen LogP contribution in [0.25, 0.3) is 16.2 Å². The van der Waals surface area contributed by atoms with Gasteiger partial charge in [0.2, 0.25) is 16.0 Å². The highest BCUT2D eigenvalue weighted by Gasteiger charge is 2.27. The lowest BCUT2D eigenvalue weighted by atomic mass is 9.97. The molecule has 1 fully saturated rings. The maximum Gasteiger partial charge on any atom is 0.225 e. The molecule has 34 heavy (non-hydrogen) atoms. The Morgan fingerprint density at radius 3 is 2.62 bits per heavy atom. The summed E-state index contributed by atoms with van der Waals surface area (Å²) in [4.78, 5) is 20.7. The standard InChI is InChI=1S/C26H29N5O2S/c1-3-18-6-8-19(9-7-18)15-27-24(32)21-5-4-14-30(16-21)26-29-31-17-23(28-25(31)34-26)20-10-12-22(33-2)13-11-20/h6-13,17,21H,3-5,14-16H2,1-2H3,(H,27,32)/t21-/m1/s1. The first kappa shape index (κ1) is 22.4. The number of piperidine rings is 1. The largest absolute Gasteiger partial charge is 0.497 e. The predicted molar refractivity (Wildman–Crippen MR) is 135 cm³/mol. The summed E-state index contributed by atoms with van der Waals surface area (Å²) < 4.78 is 7.07. The van der Waals surface area contributed by atoms with Crippen molar-refractivity contribution in [1.82, 2.24) is 19.9 Å². The molecule has 2 aromatic heterocycles. The smallest absolute Gasteiger partial charge is 0.225 e. The summed E-state index contributed by atoms with van der Waals surface area (Å²) in [5, 5.41) is 8.80. The summed E-state index contributed by atoms with van der Waals surface area (Å²) in [6.07, 6.45) is 4.85. The van der Waals surface area contributed by atoms with Gasteiger partial charge in [-0.2, -0.15) is 0 Å². The van der Waals surface area contributed by atoms with Gasteiger partial charge in [0, 0.05) is 25.2 Å². The molecule has 0 saturated carbocycles. The van der Waals surface area contributed by atoms with Gasteiger partial charge < -0.3 is 15.0 Å². The molecule has 1 aliphatic heterocycles. The molecule has 1 N–H and O–H groups in total. The van der Waals surface area contributed by atoms with E-state index in [0.717, 1.165) is 58.5 Å². The van der Waals surface area contributed by atoms with Gasteiger partial charge in [0.25, 0.3) is 0 Å². The van der Waals surface area contributed by atoms with Crippen molar-refractivity contribution < 1.29 is 9.53 Å². The average Bonchev–Trinajstić information content (AvgIpc) is 3.47. The van der Waals surface area contributed by atoms with Gasteiger partial charge in [-0.15, -0.1) is 5.10 Å². The molecule has 3 heterocycles. The van der Waals surface area contributed by atoms with E-state index in [-0.39, 0.29) is 11.8 Å². The Balaban J connectivity index is 1.22. The summed E-state index contributed by atoms with van der Waals surface area (Å²) in [6, 6.07) is 16.3. The SMILES string of the molecule is CCc1ccc(CNC(=O)[C@@H]2CCCN(c3nn4cc(-c5ccc(OC)cc5)nc4s3)C2)cc1. The van der Waals surface area contributed by atoms with Crippen molar-refractivity contribution in [3.8, 4) is 17.0 Å². The summed E-state index contributed by atoms with van der Waals surface area (Å²) in [6.45, 7) is 4.30. The van der Waals surface area contributed by atoms with Crippen molar-refractivity contribution in [2.45, 2.75) is 32.7 Å². The number of amides is 1. The van der Waals surface area contributed by atoms with Gasteiger partial charge in [-0.1, -0.05) is 42.5 Å². The maximum absolute atomic E-state index is 12.9. The van der Waals surface area contributed by atoms with Gasteiger partial charge in [0.15, 0.2) is 0 Å². The van der Waals surface area contributed by atoms with E-state index in [4.69, 9.17) is 14.8 Å². The zero-order chi connectivity index (χ0) is 23.5. The van der Waals surface area contributed by atoms with Crippen LogP contribution in [0.4, 0.5) is 5.13 Å². The van der Waals surface area contributed by atoms with Crippen LogP contribution >= 0.6 is 11.3 Å². The third-order valence-corrected chi connectivity index (χ3v) is 7.36. The number of benzene rings is 2. The van der Waals surface area contributed by atoms with Crippen LogP contribution in [0, 0.1) is 5.92 Å². The molecule has 0 bridgehead atoms. The fourth-order valence-electron chi connectivity index (χ4n) is 4.31. The fourth-order valence-corrected chi connectivity index (χ4v) is 5.23.